The summed E-state index contributed by atoms with van der Waals surface area (Å²) in [5, 5.41) is 3.94. The van der Waals surface area contributed by atoms with Gasteiger partial charge in [-0.2, -0.15) is 0 Å². The fourth-order valence-electron chi connectivity index (χ4n) is 3.19. The zero-order valence-electron chi connectivity index (χ0n) is 15.5. The Balaban J connectivity index is 1.40. The zero-order valence-corrected chi connectivity index (χ0v) is 17.0. The molecular formula is C22H22Cl2N2O2. The first-order valence-corrected chi connectivity index (χ1v) is 10.4. The van der Waals surface area contributed by atoms with Gasteiger partial charge in [0.1, 0.15) is 0 Å². The van der Waals surface area contributed by atoms with Gasteiger partial charge in [0, 0.05) is 24.2 Å². The lowest BCUT2D eigenvalue weighted by Gasteiger charge is -2.23. The molecule has 0 aromatic heterocycles. The number of nitrogens with one attached hydrogen (secondary N) is 1. The van der Waals surface area contributed by atoms with Crippen LogP contribution in [0.25, 0.3) is 0 Å². The van der Waals surface area contributed by atoms with Crippen molar-refractivity contribution in [2.24, 2.45) is 0 Å². The third kappa shape index (κ3) is 4.86. The number of amides is 2. The van der Waals surface area contributed by atoms with Gasteiger partial charge in [-0.25, -0.2) is 0 Å². The van der Waals surface area contributed by atoms with Gasteiger partial charge in [-0.05, 0) is 61.1 Å². The van der Waals surface area contributed by atoms with E-state index in [-0.39, 0.29) is 11.8 Å². The molecule has 2 aliphatic carbocycles. The van der Waals surface area contributed by atoms with Gasteiger partial charge in [0.25, 0.3) is 5.91 Å². The Morgan fingerprint density at radius 1 is 0.929 bits per heavy atom. The maximum absolute atomic E-state index is 12.9. The highest BCUT2D eigenvalue weighted by molar-refractivity contribution is 6.42. The number of carbonyl (C=O) groups is 2. The Morgan fingerprint density at radius 3 is 2.21 bits per heavy atom. The van der Waals surface area contributed by atoms with Crippen molar-refractivity contribution in [2.45, 2.75) is 50.7 Å². The van der Waals surface area contributed by atoms with Crippen molar-refractivity contribution in [3.63, 3.8) is 0 Å². The number of hydrogen-bond acceptors (Lipinski definition) is 2. The second kappa shape index (κ2) is 8.14. The molecule has 146 valence electrons. The average molecular weight is 417 g/mol. The zero-order chi connectivity index (χ0) is 19.7. The SMILES string of the molecule is O=C(NC1CC1)c1ccc(CN(C(=O)Cc2ccc(Cl)c(Cl)c2)C2CC2)cc1. The topological polar surface area (TPSA) is 49.4 Å². The Morgan fingerprint density at radius 2 is 1.61 bits per heavy atom. The van der Waals surface area contributed by atoms with Gasteiger partial charge in [0.2, 0.25) is 5.91 Å². The Labute approximate surface area is 174 Å². The molecule has 0 aliphatic heterocycles. The molecule has 0 heterocycles. The lowest BCUT2D eigenvalue weighted by molar-refractivity contribution is -0.131. The van der Waals surface area contributed by atoms with E-state index in [1.54, 1.807) is 12.1 Å². The van der Waals surface area contributed by atoms with Gasteiger partial charge in [0.05, 0.1) is 16.5 Å². The predicted octanol–water partition coefficient (Wildman–Crippen LogP) is 4.62. The van der Waals surface area contributed by atoms with Gasteiger partial charge in [-0.3, -0.25) is 9.59 Å². The van der Waals surface area contributed by atoms with Crippen molar-refractivity contribution in [1.29, 1.82) is 0 Å². The fraction of sp³-hybridized carbons (Fsp3) is 0.364. The van der Waals surface area contributed by atoms with Crippen LogP contribution in [0.15, 0.2) is 42.5 Å². The third-order valence-electron chi connectivity index (χ3n) is 5.13. The van der Waals surface area contributed by atoms with Crippen LogP contribution in [0, 0.1) is 0 Å². The standard InChI is InChI=1S/C22H22Cl2N2O2/c23-19-10-3-15(11-20(19)24)12-21(27)26(18-8-9-18)13-14-1-4-16(5-2-14)22(28)25-17-6-7-17/h1-5,10-11,17-18H,6-9,12-13H2,(H,25,28). The van der Waals surface area contributed by atoms with E-state index in [2.05, 4.69) is 5.32 Å². The van der Waals surface area contributed by atoms with E-state index in [9.17, 15) is 9.59 Å². The van der Waals surface area contributed by atoms with Crippen LogP contribution in [0.2, 0.25) is 10.0 Å². The molecule has 0 radical (unpaired) electrons. The maximum Gasteiger partial charge on any atom is 0.251 e. The minimum atomic E-state index is -0.0243. The molecule has 1 N–H and O–H groups in total. The molecule has 0 bridgehead atoms. The minimum absolute atomic E-state index is 0.0243. The van der Waals surface area contributed by atoms with Gasteiger partial charge >= 0.3 is 0 Å². The quantitative estimate of drug-likeness (QED) is 0.715. The number of halogens is 2. The molecule has 0 unspecified atom stereocenters. The highest BCUT2D eigenvalue weighted by atomic mass is 35.5. The smallest absolute Gasteiger partial charge is 0.251 e. The van der Waals surface area contributed by atoms with Crippen LogP contribution in [0.1, 0.15) is 47.2 Å². The molecule has 2 aromatic carbocycles. The number of benzene rings is 2. The number of hydrogen-bond donors (Lipinski definition) is 1. The summed E-state index contributed by atoms with van der Waals surface area (Å²) in [5.41, 5.74) is 2.55. The van der Waals surface area contributed by atoms with Crippen LogP contribution in [0.3, 0.4) is 0 Å². The molecule has 4 nitrogen and oxygen atoms in total. The van der Waals surface area contributed by atoms with E-state index in [1.165, 1.54) is 0 Å². The number of rotatable bonds is 7. The minimum Gasteiger partial charge on any atom is -0.349 e. The van der Waals surface area contributed by atoms with Crippen molar-refractivity contribution in [2.75, 3.05) is 0 Å². The Kier molecular flexibility index (Phi) is 5.61. The largest absolute Gasteiger partial charge is 0.349 e. The first-order chi connectivity index (χ1) is 13.5. The summed E-state index contributed by atoms with van der Waals surface area (Å²) in [6, 6.07) is 13.5. The van der Waals surface area contributed by atoms with Crippen LogP contribution in [0.4, 0.5) is 0 Å². The monoisotopic (exact) mass is 416 g/mol. The van der Waals surface area contributed by atoms with E-state index in [1.807, 2.05) is 35.2 Å². The lowest BCUT2D eigenvalue weighted by atomic mass is 10.1. The van der Waals surface area contributed by atoms with Crippen LogP contribution in [0.5, 0.6) is 0 Å². The number of nitrogens with zero attached hydrogens (tertiary/aromatic N) is 1. The second-order valence-corrected chi connectivity index (χ2v) is 8.44. The summed E-state index contributed by atoms with van der Waals surface area (Å²) in [7, 11) is 0. The fourth-order valence-corrected chi connectivity index (χ4v) is 3.51. The van der Waals surface area contributed by atoms with Crippen molar-refractivity contribution in [3.8, 4) is 0 Å². The molecule has 28 heavy (non-hydrogen) atoms. The van der Waals surface area contributed by atoms with E-state index in [0.717, 1.165) is 36.8 Å². The van der Waals surface area contributed by atoms with Gasteiger partial charge in [-0.1, -0.05) is 41.4 Å². The first kappa shape index (κ1) is 19.3. The first-order valence-electron chi connectivity index (χ1n) is 9.63. The van der Waals surface area contributed by atoms with Crippen LogP contribution >= 0.6 is 23.2 Å². The Bertz CT molecular complexity index is 890. The molecule has 6 heteroatoms. The summed E-state index contributed by atoms with van der Waals surface area (Å²) in [6.07, 6.45) is 4.52. The molecule has 2 saturated carbocycles. The number of carbonyl (C=O) groups excluding carboxylic acids is 2. The van der Waals surface area contributed by atoms with Gasteiger partial charge < -0.3 is 10.2 Å². The van der Waals surface area contributed by atoms with Crippen molar-refractivity contribution in [3.05, 3.63) is 69.2 Å². The summed E-state index contributed by atoms with van der Waals surface area (Å²) in [5.74, 6) is 0.0558. The second-order valence-electron chi connectivity index (χ2n) is 7.62. The molecule has 0 atom stereocenters. The van der Waals surface area contributed by atoms with Crippen LogP contribution < -0.4 is 5.32 Å². The third-order valence-corrected chi connectivity index (χ3v) is 5.87. The van der Waals surface area contributed by atoms with E-state index < -0.39 is 0 Å². The van der Waals surface area contributed by atoms with E-state index >= 15 is 0 Å². The lowest BCUT2D eigenvalue weighted by Crippen LogP contribution is -2.33. The van der Waals surface area contributed by atoms with E-state index in [4.69, 9.17) is 23.2 Å². The van der Waals surface area contributed by atoms with Gasteiger partial charge in [0.15, 0.2) is 0 Å². The summed E-state index contributed by atoms with van der Waals surface area (Å²) >= 11 is 12.0. The van der Waals surface area contributed by atoms with Gasteiger partial charge in [-0.15, -0.1) is 0 Å². The molecule has 2 aliphatic rings. The summed E-state index contributed by atoms with van der Waals surface area (Å²) in [4.78, 5) is 26.9. The van der Waals surface area contributed by atoms with Crippen LogP contribution in [-0.2, 0) is 17.8 Å². The Hall–Kier alpha value is -2.04. The highest BCUT2D eigenvalue weighted by Crippen LogP contribution is 2.30. The average Bonchev–Trinajstić information content (AvgIpc) is 3.58. The summed E-state index contributed by atoms with van der Waals surface area (Å²) in [6.45, 7) is 0.551. The normalized spacial score (nSPS) is 15.9. The highest BCUT2D eigenvalue weighted by Gasteiger charge is 2.32. The van der Waals surface area contributed by atoms with E-state index in [0.29, 0.717) is 40.7 Å². The van der Waals surface area contributed by atoms with Crippen molar-refractivity contribution in [1.82, 2.24) is 10.2 Å². The molecule has 0 saturated heterocycles. The predicted molar refractivity (Wildman–Crippen MR) is 111 cm³/mol. The van der Waals surface area contributed by atoms with Crippen molar-refractivity contribution >= 4 is 35.0 Å². The maximum atomic E-state index is 12.9. The molecule has 2 amide bonds. The molecule has 2 fully saturated rings. The molecule has 4 rings (SSSR count). The summed E-state index contributed by atoms with van der Waals surface area (Å²) < 4.78 is 0. The molecule has 0 spiro atoms. The van der Waals surface area contributed by atoms with Crippen molar-refractivity contribution < 1.29 is 9.59 Å². The van der Waals surface area contributed by atoms with Crippen LogP contribution in [-0.4, -0.2) is 28.8 Å². The molecular weight excluding hydrogens is 395 g/mol. The molecule has 2 aromatic rings.